The number of hydrogen-bond acceptors (Lipinski definition) is 6. The molecule has 8 heteroatoms. The Balaban J connectivity index is 1.37. The molecule has 4 aromatic rings. The molecule has 1 amide bonds. The molecule has 0 saturated carbocycles. The van der Waals surface area contributed by atoms with Crippen molar-refractivity contribution in [1.82, 2.24) is 4.98 Å². The van der Waals surface area contributed by atoms with Crippen LogP contribution in [-0.4, -0.2) is 24.5 Å². The van der Waals surface area contributed by atoms with E-state index in [1.165, 1.54) is 28.0 Å². The van der Waals surface area contributed by atoms with E-state index >= 15 is 0 Å². The number of para-hydroxylation sites is 1. The average molecular weight is 502 g/mol. The Labute approximate surface area is 210 Å². The topological polar surface area (TPSA) is 74.4 Å². The highest BCUT2D eigenvalue weighted by Gasteiger charge is 2.22. The highest BCUT2D eigenvalue weighted by molar-refractivity contribution is 7.99. The van der Waals surface area contributed by atoms with Crippen LogP contribution in [0.1, 0.15) is 12.5 Å². The number of methoxy groups -OCH3 is 1. The number of aromatic amines is 1. The van der Waals surface area contributed by atoms with Gasteiger partial charge in [0.2, 0.25) is 0 Å². The van der Waals surface area contributed by atoms with Gasteiger partial charge in [-0.2, -0.15) is 0 Å². The van der Waals surface area contributed by atoms with Crippen LogP contribution in [-0.2, 0) is 4.79 Å². The van der Waals surface area contributed by atoms with Gasteiger partial charge >= 0.3 is 0 Å². The van der Waals surface area contributed by atoms with Gasteiger partial charge in [-0.15, -0.1) is 11.3 Å². The van der Waals surface area contributed by atoms with Crippen molar-refractivity contribution in [3.8, 4) is 5.75 Å². The van der Waals surface area contributed by atoms with E-state index in [-0.39, 0.29) is 11.5 Å². The van der Waals surface area contributed by atoms with Crippen LogP contribution in [0, 0.1) is 0 Å². The van der Waals surface area contributed by atoms with Gasteiger partial charge in [0, 0.05) is 28.1 Å². The van der Waals surface area contributed by atoms with Crippen LogP contribution in [0.15, 0.2) is 81.3 Å². The first-order chi connectivity index (χ1) is 17.0. The summed E-state index contributed by atoms with van der Waals surface area (Å²) in [5.41, 5.74) is 3.68. The molecule has 0 spiro atoms. The number of nitrogens with one attached hydrogen (secondary N) is 2. The highest BCUT2D eigenvalue weighted by Crippen LogP contribution is 2.48. The summed E-state index contributed by atoms with van der Waals surface area (Å²) in [4.78, 5) is 32.4. The number of H-pyrrole nitrogens is 1. The summed E-state index contributed by atoms with van der Waals surface area (Å²) in [6.45, 7) is 2.98. The molecule has 3 aromatic carbocycles. The van der Waals surface area contributed by atoms with Crippen molar-refractivity contribution in [2.45, 2.75) is 16.7 Å². The standard InChI is InChI=1S/C27H23N3O3S2/c1-3-30-20-6-4-5-7-22(20)34-23-15-18(10-13-21(23)30)28-25(31)16-26-29-27(32)24(35-26)14-17-8-11-19(33-2)12-9-17/h4-16H,3H2,1-2H3,(H,28,31)(H,29,32). The van der Waals surface area contributed by atoms with E-state index in [9.17, 15) is 9.59 Å². The largest absolute Gasteiger partial charge is 0.497 e. The summed E-state index contributed by atoms with van der Waals surface area (Å²) in [6, 6.07) is 21.7. The fourth-order valence-corrected chi connectivity index (χ4v) is 5.95. The van der Waals surface area contributed by atoms with Crippen LogP contribution in [0.2, 0.25) is 0 Å². The summed E-state index contributed by atoms with van der Waals surface area (Å²) < 4.78 is 6.18. The molecule has 176 valence electrons. The van der Waals surface area contributed by atoms with Crippen LogP contribution in [0.3, 0.4) is 0 Å². The molecule has 0 saturated heterocycles. The van der Waals surface area contributed by atoms with E-state index in [0.717, 1.165) is 28.4 Å². The van der Waals surface area contributed by atoms with Crippen molar-refractivity contribution >= 4 is 58.2 Å². The van der Waals surface area contributed by atoms with E-state index in [1.807, 2.05) is 54.6 Å². The van der Waals surface area contributed by atoms with Gasteiger partial charge in [0.05, 0.1) is 23.0 Å². The summed E-state index contributed by atoms with van der Waals surface area (Å²) in [7, 11) is 1.61. The van der Waals surface area contributed by atoms with Crippen molar-refractivity contribution in [1.29, 1.82) is 0 Å². The second kappa shape index (κ2) is 9.85. The second-order valence-corrected chi connectivity index (χ2v) is 10.00. The van der Waals surface area contributed by atoms with Crippen LogP contribution >= 0.6 is 23.1 Å². The lowest BCUT2D eigenvalue weighted by molar-refractivity contribution is -0.110. The number of nitrogens with zero attached hydrogens (tertiary/aromatic N) is 1. The molecular weight excluding hydrogens is 478 g/mol. The summed E-state index contributed by atoms with van der Waals surface area (Å²) >= 11 is 2.93. The SMILES string of the molecule is CCN1c2ccccc2Sc2cc(NC(=O)C=c3[nH]c(=O)c(=Cc4ccc(OC)cc4)s3)ccc21. The lowest BCUT2D eigenvalue weighted by Gasteiger charge is -2.32. The zero-order valence-electron chi connectivity index (χ0n) is 19.2. The Morgan fingerprint density at radius 1 is 1.06 bits per heavy atom. The third-order valence-corrected chi connectivity index (χ3v) is 7.64. The van der Waals surface area contributed by atoms with Gasteiger partial charge in [-0.3, -0.25) is 9.59 Å². The number of amides is 1. The maximum atomic E-state index is 12.7. The fraction of sp³-hybridized carbons (Fsp3) is 0.111. The van der Waals surface area contributed by atoms with E-state index in [1.54, 1.807) is 24.9 Å². The van der Waals surface area contributed by atoms with Gasteiger partial charge in [0.15, 0.2) is 0 Å². The van der Waals surface area contributed by atoms with E-state index in [4.69, 9.17) is 4.74 Å². The molecule has 0 bridgehead atoms. The number of aromatic nitrogens is 1. The first-order valence-electron chi connectivity index (χ1n) is 11.1. The Hall–Kier alpha value is -3.75. The smallest absolute Gasteiger partial charge is 0.266 e. The molecule has 0 fully saturated rings. The summed E-state index contributed by atoms with van der Waals surface area (Å²) in [6.07, 6.45) is 3.20. The normalized spacial score (nSPS) is 13.4. The minimum absolute atomic E-state index is 0.228. The first kappa shape index (κ1) is 23.0. The molecule has 2 heterocycles. The second-order valence-electron chi connectivity index (χ2n) is 7.83. The van der Waals surface area contributed by atoms with Crippen LogP contribution in [0.5, 0.6) is 5.75 Å². The highest BCUT2D eigenvalue weighted by atomic mass is 32.2. The van der Waals surface area contributed by atoms with E-state index < -0.39 is 0 Å². The Kier molecular flexibility index (Phi) is 6.48. The molecular formula is C27H23N3O3S2. The maximum Gasteiger partial charge on any atom is 0.266 e. The summed E-state index contributed by atoms with van der Waals surface area (Å²) in [5.74, 6) is 0.451. The number of ether oxygens (including phenoxy) is 1. The van der Waals surface area contributed by atoms with Crippen molar-refractivity contribution in [3.63, 3.8) is 0 Å². The van der Waals surface area contributed by atoms with Crippen molar-refractivity contribution in [2.75, 3.05) is 23.9 Å². The number of thiazole rings is 1. The molecule has 5 rings (SSSR count). The van der Waals surface area contributed by atoms with Crippen LogP contribution < -0.4 is 29.7 Å². The lowest BCUT2D eigenvalue weighted by Crippen LogP contribution is -2.20. The van der Waals surface area contributed by atoms with Crippen molar-refractivity contribution in [2.24, 2.45) is 0 Å². The fourth-order valence-electron chi connectivity index (χ4n) is 3.93. The first-order valence-corrected chi connectivity index (χ1v) is 12.7. The van der Waals surface area contributed by atoms with Gasteiger partial charge in [0.1, 0.15) is 10.4 Å². The van der Waals surface area contributed by atoms with Gasteiger partial charge in [-0.25, -0.2) is 0 Å². The molecule has 35 heavy (non-hydrogen) atoms. The number of rotatable bonds is 5. The number of anilines is 3. The third kappa shape index (κ3) is 4.89. The van der Waals surface area contributed by atoms with Gasteiger partial charge in [-0.05, 0) is 61.0 Å². The van der Waals surface area contributed by atoms with Crippen LogP contribution in [0.4, 0.5) is 17.1 Å². The zero-order chi connectivity index (χ0) is 24.4. The van der Waals surface area contributed by atoms with E-state index in [0.29, 0.717) is 14.9 Å². The van der Waals surface area contributed by atoms with Gasteiger partial charge in [-0.1, -0.05) is 36.0 Å². The van der Waals surface area contributed by atoms with Gasteiger partial charge in [0.25, 0.3) is 11.5 Å². The molecule has 0 unspecified atom stereocenters. The summed E-state index contributed by atoms with van der Waals surface area (Å²) in [5, 5.41) is 2.92. The molecule has 0 atom stereocenters. The number of hydrogen-bond donors (Lipinski definition) is 2. The average Bonchev–Trinajstić information content (AvgIpc) is 3.20. The Morgan fingerprint density at radius 3 is 2.60 bits per heavy atom. The molecule has 2 N–H and O–H groups in total. The molecule has 1 aliphatic rings. The van der Waals surface area contributed by atoms with Crippen LogP contribution in [0.25, 0.3) is 12.2 Å². The molecule has 1 aromatic heterocycles. The molecule has 1 aliphatic heterocycles. The third-order valence-electron chi connectivity index (χ3n) is 5.57. The number of fused-ring (bicyclic) bond motifs is 2. The monoisotopic (exact) mass is 501 g/mol. The van der Waals surface area contributed by atoms with Crippen molar-refractivity contribution in [3.05, 3.63) is 91.8 Å². The number of benzene rings is 3. The van der Waals surface area contributed by atoms with Gasteiger partial charge < -0.3 is 19.9 Å². The predicted molar refractivity (Wildman–Crippen MR) is 144 cm³/mol. The Morgan fingerprint density at radius 2 is 1.83 bits per heavy atom. The number of carbonyl (C=O) groups is 1. The molecule has 0 radical (unpaired) electrons. The van der Waals surface area contributed by atoms with E-state index in [2.05, 4.69) is 34.3 Å². The minimum Gasteiger partial charge on any atom is -0.497 e. The molecule has 0 aliphatic carbocycles. The maximum absolute atomic E-state index is 12.7. The molecule has 6 nitrogen and oxygen atoms in total. The predicted octanol–water partition coefficient (Wildman–Crippen LogP) is 4.32. The minimum atomic E-state index is -0.299. The van der Waals surface area contributed by atoms with Crippen molar-refractivity contribution < 1.29 is 9.53 Å². The zero-order valence-corrected chi connectivity index (χ0v) is 20.8. The quantitative estimate of drug-likeness (QED) is 0.426. The Bertz CT molecular complexity index is 1570. The lowest BCUT2D eigenvalue weighted by atomic mass is 10.2. The number of carbonyl (C=O) groups excluding carboxylic acids is 1.